The highest BCUT2D eigenvalue weighted by Gasteiger charge is 2.06. The Morgan fingerprint density at radius 2 is 2.05 bits per heavy atom. The summed E-state index contributed by atoms with van der Waals surface area (Å²) in [5, 5.41) is 8.43. The molecule has 1 N–H and O–H groups in total. The fraction of sp³-hybridized carbons (Fsp3) is 0.333. The van der Waals surface area contributed by atoms with Crippen molar-refractivity contribution in [1.82, 2.24) is 9.78 Å². The molecule has 1 heterocycles. The maximum atomic E-state index is 12.1. The van der Waals surface area contributed by atoms with Crippen molar-refractivity contribution < 1.29 is 0 Å². The summed E-state index contributed by atoms with van der Waals surface area (Å²) in [7, 11) is 0. The van der Waals surface area contributed by atoms with Gasteiger partial charge in [0.1, 0.15) is 0 Å². The Hall–Kier alpha value is -1.52. The minimum atomic E-state index is -0.172. The lowest BCUT2D eigenvalue weighted by Gasteiger charge is -2.10. The predicted molar refractivity (Wildman–Crippen MR) is 87.4 cm³/mol. The van der Waals surface area contributed by atoms with Gasteiger partial charge in [0.2, 0.25) is 0 Å². The Morgan fingerprint density at radius 3 is 2.67 bits per heavy atom. The number of rotatable bonds is 5. The van der Waals surface area contributed by atoms with Crippen molar-refractivity contribution in [3.05, 3.63) is 56.4 Å². The molecule has 1 aromatic carbocycles. The molecule has 0 amide bonds. The summed E-state index contributed by atoms with van der Waals surface area (Å²) in [6.45, 7) is 5.32. The standard InChI is InChI=1S/C15H17Cl2N3O/c1-10(2)7-18-13-6-15(21)20(19-8-13)9-11-3-4-12(16)5-14(11)17/h3-6,8,10,18H,7,9H2,1-2H3. The maximum absolute atomic E-state index is 12.1. The van der Waals surface area contributed by atoms with Gasteiger partial charge in [0.25, 0.3) is 5.56 Å². The van der Waals surface area contributed by atoms with Crippen LogP contribution in [-0.2, 0) is 6.54 Å². The molecular weight excluding hydrogens is 309 g/mol. The average Bonchev–Trinajstić information content (AvgIpc) is 2.42. The zero-order chi connectivity index (χ0) is 15.4. The molecule has 2 aromatic rings. The molecule has 0 saturated carbocycles. The van der Waals surface area contributed by atoms with Crippen LogP contribution in [0.4, 0.5) is 5.69 Å². The van der Waals surface area contributed by atoms with Gasteiger partial charge in [0.15, 0.2) is 0 Å². The maximum Gasteiger partial charge on any atom is 0.269 e. The van der Waals surface area contributed by atoms with E-state index in [0.29, 0.717) is 22.5 Å². The van der Waals surface area contributed by atoms with Gasteiger partial charge in [-0.05, 0) is 23.6 Å². The molecule has 4 nitrogen and oxygen atoms in total. The number of aromatic nitrogens is 2. The van der Waals surface area contributed by atoms with Gasteiger partial charge in [0.05, 0.1) is 18.4 Å². The van der Waals surface area contributed by atoms with Crippen LogP contribution in [0.5, 0.6) is 0 Å². The normalized spacial score (nSPS) is 10.9. The molecule has 2 rings (SSSR count). The van der Waals surface area contributed by atoms with Gasteiger partial charge in [-0.2, -0.15) is 5.10 Å². The highest BCUT2D eigenvalue weighted by atomic mass is 35.5. The average molecular weight is 326 g/mol. The number of anilines is 1. The Morgan fingerprint density at radius 1 is 1.29 bits per heavy atom. The van der Waals surface area contributed by atoms with E-state index >= 15 is 0 Å². The third-order valence-corrected chi connectivity index (χ3v) is 3.51. The molecule has 1 aromatic heterocycles. The number of hydrogen-bond acceptors (Lipinski definition) is 3. The van der Waals surface area contributed by atoms with Crippen molar-refractivity contribution in [2.45, 2.75) is 20.4 Å². The van der Waals surface area contributed by atoms with Crippen molar-refractivity contribution in [2.24, 2.45) is 5.92 Å². The third-order valence-electron chi connectivity index (χ3n) is 2.92. The molecule has 0 saturated heterocycles. The SMILES string of the molecule is CC(C)CNc1cnn(Cc2ccc(Cl)cc2Cl)c(=O)c1. The van der Waals surface area contributed by atoms with Crippen LogP contribution >= 0.6 is 23.2 Å². The fourth-order valence-electron chi connectivity index (χ4n) is 1.78. The summed E-state index contributed by atoms with van der Waals surface area (Å²) >= 11 is 12.0. The minimum Gasteiger partial charge on any atom is -0.383 e. The highest BCUT2D eigenvalue weighted by Crippen LogP contribution is 2.21. The number of nitrogens with one attached hydrogen (secondary N) is 1. The fourth-order valence-corrected chi connectivity index (χ4v) is 2.25. The lowest BCUT2D eigenvalue weighted by Crippen LogP contribution is -2.23. The van der Waals surface area contributed by atoms with Gasteiger partial charge in [-0.15, -0.1) is 0 Å². The third kappa shape index (κ3) is 4.48. The molecule has 112 valence electrons. The van der Waals surface area contributed by atoms with Crippen LogP contribution in [0.3, 0.4) is 0 Å². The summed E-state index contributed by atoms with van der Waals surface area (Å²) < 4.78 is 1.37. The van der Waals surface area contributed by atoms with E-state index < -0.39 is 0 Å². The second kappa shape index (κ2) is 6.96. The van der Waals surface area contributed by atoms with Crippen molar-refractivity contribution in [1.29, 1.82) is 0 Å². The first-order chi connectivity index (χ1) is 9.95. The summed E-state index contributed by atoms with van der Waals surface area (Å²) in [4.78, 5) is 12.1. The van der Waals surface area contributed by atoms with Gasteiger partial charge in [-0.25, -0.2) is 4.68 Å². The zero-order valence-electron chi connectivity index (χ0n) is 11.9. The first kappa shape index (κ1) is 15.9. The van der Waals surface area contributed by atoms with Crippen LogP contribution < -0.4 is 10.9 Å². The van der Waals surface area contributed by atoms with E-state index in [2.05, 4.69) is 24.3 Å². The molecule has 0 aliphatic heterocycles. The Balaban J connectivity index is 2.16. The van der Waals surface area contributed by atoms with Gasteiger partial charge in [-0.1, -0.05) is 43.1 Å². The second-order valence-electron chi connectivity index (χ2n) is 5.25. The molecule has 0 spiro atoms. The summed E-state index contributed by atoms with van der Waals surface area (Å²) in [6.07, 6.45) is 1.65. The van der Waals surface area contributed by atoms with E-state index in [1.807, 2.05) is 0 Å². The van der Waals surface area contributed by atoms with E-state index in [0.717, 1.165) is 17.8 Å². The van der Waals surface area contributed by atoms with Crippen LogP contribution in [0, 0.1) is 5.92 Å². The van der Waals surface area contributed by atoms with E-state index in [1.165, 1.54) is 4.68 Å². The monoisotopic (exact) mass is 325 g/mol. The van der Waals surface area contributed by atoms with Gasteiger partial charge in [0, 0.05) is 22.7 Å². The van der Waals surface area contributed by atoms with E-state index in [-0.39, 0.29) is 5.56 Å². The van der Waals surface area contributed by atoms with Gasteiger partial charge >= 0.3 is 0 Å². The summed E-state index contributed by atoms with van der Waals surface area (Å²) in [5.41, 5.74) is 1.36. The van der Waals surface area contributed by atoms with Crippen molar-refractivity contribution in [2.75, 3.05) is 11.9 Å². The molecule has 0 bridgehead atoms. The van der Waals surface area contributed by atoms with Crippen LogP contribution in [0.1, 0.15) is 19.4 Å². The summed E-state index contributed by atoms with van der Waals surface area (Å²) in [6, 6.07) is 6.73. The topological polar surface area (TPSA) is 46.9 Å². The zero-order valence-corrected chi connectivity index (χ0v) is 13.4. The second-order valence-corrected chi connectivity index (χ2v) is 6.09. The first-order valence-corrected chi connectivity index (χ1v) is 7.46. The molecule has 6 heteroatoms. The molecule has 0 aliphatic carbocycles. The number of halogens is 2. The lowest BCUT2D eigenvalue weighted by atomic mass is 10.2. The number of nitrogens with zero attached hydrogens (tertiary/aromatic N) is 2. The van der Waals surface area contributed by atoms with Crippen LogP contribution in [-0.4, -0.2) is 16.3 Å². The Kier molecular flexibility index (Phi) is 5.26. The van der Waals surface area contributed by atoms with E-state index in [1.54, 1.807) is 30.5 Å². The highest BCUT2D eigenvalue weighted by molar-refractivity contribution is 6.35. The quantitative estimate of drug-likeness (QED) is 0.912. The molecule has 0 radical (unpaired) electrons. The van der Waals surface area contributed by atoms with E-state index in [9.17, 15) is 4.79 Å². The Bertz CT molecular complexity index is 683. The molecule has 0 unspecified atom stereocenters. The predicted octanol–water partition coefficient (Wildman–Crippen LogP) is 3.67. The molecular formula is C15H17Cl2N3O. The molecule has 21 heavy (non-hydrogen) atoms. The largest absolute Gasteiger partial charge is 0.383 e. The smallest absolute Gasteiger partial charge is 0.269 e. The lowest BCUT2D eigenvalue weighted by molar-refractivity contribution is 0.637. The van der Waals surface area contributed by atoms with Crippen LogP contribution in [0.2, 0.25) is 10.0 Å². The van der Waals surface area contributed by atoms with Crippen LogP contribution in [0.15, 0.2) is 35.3 Å². The van der Waals surface area contributed by atoms with Gasteiger partial charge < -0.3 is 5.32 Å². The first-order valence-electron chi connectivity index (χ1n) is 6.70. The summed E-state index contributed by atoms with van der Waals surface area (Å²) in [5.74, 6) is 0.500. The molecule has 0 fully saturated rings. The molecule has 0 atom stereocenters. The van der Waals surface area contributed by atoms with Crippen molar-refractivity contribution in [3.63, 3.8) is 0 Å². The number of hydrogen-bond donors (Lipinski definition) is 1. The van der Waals surface area contributed by atoms with E-state index in [4.69, 9.17) is 23.2 Å². The molecule has 0 aliphatic rings. The van der Waals surface area contributed by atoms with Crippen LogP contribution in [0.25, 0.3) is 0 Å². The number of benzene rings is 1. The van der Waals surface area contributed by atoms with Gasteiger partial charge in [-0.3, -0.25) is 4.79 Å². The minimum absolute atomic E-state index is 0.172. The Labute approximate surface area is 133 Å². The van der Waals surface area contributed by atoms with Crippen molar-refractivity contribution >= 4 is 28.9 Å². The van der Waals surface area contributed by atoms with Crippen molar-refractivity contribution in [3.8, 4) is 0 Å².